The number of hydrogen-bond acceptors (Lipinski definition) is 2. The lowest BCUT2D eigenvalue weighted by atomic mass is 9.94. The minimum absolute atomic E-state index is 0.0156. The number of nitrogens with zero attached hydrogens (tertiary/aromatic N) is 1. The van der Waals surface area contributed by atoms with Gasteiger partial charge in [0.2, 0.25) is 11.8 Å². The minimum Gasteiger partial charge on any atom is -0.282 e. The van der Waals surface area contributed by atoms with Gasteiger partial charge in [-0.3, -0.25) is 14.5 Å². The Hall–Kier alpha value is -0.860. The summed E-state index contributed by atoms with van der Waals surface area (Å²) in [5.74, 6) is -0.0128. The number of amides is 2. The lowest BCUT2D eigenvalue weighted by molar-refractivity contribution is -0.150. The van der Waals surface area contributed by atoms with Gasteiger partial charge in [-0.25, -0.2) is 0 Å². The van der Waals surface area contributed by atoms with E-state index in [2.05, 4.69) is 0 Å². The summed E-state index contributed by atoms with van der Waals surface area (Å²) in [6.07, 6.45) is 5.83. The number of carbonyl (C=O) groups excluding carboxylic acids is 2. The molecule has 0 spiro atoms. The summed E-state index contributed by atoms with van der Waals surface area (Å²) < 4.78 is 0. The summed E-state index contributed by atoms with van der Waals surface area (Å²) in [7, 11) is 0. The zero-order valence-corrected chi connectivity index (χ0v) is 10.7. The second-order valence-electron chi connectivity index (χ2n) is 5.62. The molecule has 1 aliphatic rings. The van der Waals surface area contributed by atoms with Crippen molar-refractivity contribution in [2.45, 2.75) is 59.3 Å². The van der Waals surface area contributed by atoms with Gasteiger partial charge in [0.25, 0.3) is 0 Å². The van der Waals surface area contributed by atoms with E-state index in [9.17, 15) is 9.59 Å². The van der Waals surface area contributed by atoms with Crippen LogP contribution in [-0.4, -0.2) is 23.3 Å². The molecule has 92 valence electrons. The van der Waals surface area contributed by atoms with Gasteiger partial charge in [0.1, 0.15) is 0 Å². The highest BCUT2D eigenvalue weighted by Crippen LogP contribution is 2.20. The van der Waals surface area contributed by atoms with Gasteiger partial charge < -0.3 is 0 Å². The molecule has 0 unspecified atom stereocenters. The van der Waals surface area contributed by atoms with Crippen molar-refractivity contribution >= 4 is 11.8 Å². The molecule has 0 radical (unpaired) electrons. The zero-order chi connectivity index (χ0) is 12.2. The summed E-state index contributed by atoms with van der Waals surface area (Å²) >= 11 is 0. The normalized spacial score (nSPS) is 19.9. The van der Waals surface area contributed by atoms with Crippen LogP contribution < -0.4 is 0 Å². The lowest BCUT2D eigenvalue weighted by Gasteiger charge is -2.27. The van der Waals surface area contributed by atoms with Crippen molar-refractivity contribution in [2.75, 3.05) is 6.54 Å². The highest BCUT2D eigenvalue weighted by atomic mass is 16.2. The minimum atomic E-state index is -0.455. The van der Waals surface area contributed by atoms with E-state index in [1.54, 1.807) is 0 Å². The number of carbonyl (C=O) groups is 2. The van der Waals surface area contributed by atoms with E-state index < -0.39 is 5.41 Å². The molecule has 0 aromatic carbocycles. The van der Waals surface area contributed by atoms with E-state index in [-0.39, 0.29) is 11.8 Å². The average Bonchev–Trinajstić information content (AvgIpc) is 2.28. The van der Waals surface area contributed by atoms with Crippen molar-refractivity contribution in [3.05, 3.63) is 0 Å². The Balaban J connectivity index is 2.73. The third-order valence-corrected chi connectivity index (χ3v) is 2.96. The SMILES string of the molecule is CC(C)(C)C(=O)N1CCCCCCCC1=O. The lowest BCUT2D eigenvalue weighted by Crippen LogP contribution is -2.43. The van der Waals surface area contributed by atoms with Gasteiger partial charge in [0, 0.05) is 18.4 Å². The molecule has 0 N–H and O–H groups in total. The molecule has 1 heterocycles. The van der Waals surface area contributed by atoms with Crippen LogP contribution in [0.15, 0.2) is 0 Å². The first-order valence-electron chi connectivity index (χ1n) is 6.28. The van der Waals surface area contributed by atoms with Crippen molar-refractivity contribution in [3.8, 4) is 0 Å². The molecule has 0 aromatic rings. The molecule has 1 aliphatic heterocycles. The number of rotatable bonds is 0. The summed E-state index contributed by atoms with van der Waals surface area (Å²) in [4.78, 5) is 25.5. The van der Waals surface area contributed by atoms with E-state index in [0.29, 0.717) is 13.0 Å². The van der Waals surface area contributed by atoms with Crippen LogP contribution in [-0.2, 0) is 9.59 Å². The second kappa shape index (κ2) is 5.46. The Morgan fingerprint density at radius 3 is 2.25 bits per heavy atom. The van der Waals surface area contributed by atoms with Gasteiger partial charge in [0.15, 0.2) is 0 Å². The maximum atomic E-state index is 12.1. The van der Waals surface area contributed by atoms with E-state index in [0.717, 1.165) is 25.7 Å². The van der Waals surface area contributed by atoms with Crippen LogP contribution in [0, 0.1) is 5.41 Å². The summed E-state index contributed by atoms with van der Waals surface area (Å²) in [6, 6.07) is 0. The molecule has 0 bridgehead atoms. The molecule has 0 aromatic heterocycles. The first kappa shape index (κ1) is 13.2. The maximum Gasteiger partial charge on any atom is 0.234 e. The molecule has 2 amide bonds. The van der Waals surface area contributed by atoms with Gasteiger partial charge in [-0.15, -0.1) is 0 Å². The molecule has 1 saturated heterocycles. The highest BCUT2D eigenvalue weighted by molar-refractivity contribution is 5.97. The monoisotopic (exact) mass is 225 g/mol. The molecule has 0 aliphatic carbocycles. The smallest absolute Gasteiger partial charge is 0.234 e. The summed E-state index contributed by atoms with van der Waals surface area (Å²) in [6.45, 7) is 6.22. The molecule has 1 fully saturated rings. The predicted molar refractivity (Wildman–Crippen MR) is 63.9 cm³/mol. The van der Waals surface area contributed by atoms with Gasteiger partial charge in [0.05, 0.1) is 0 Å². The summed E-state index contributed by atoms with van der Waals surface area (Å²) in [5, 5.41) is 0. The summed E-state index contributed by atoms with van der Waals surface area (Å²) in [5.41, 5.74) is -0.455. The average molecular weight is 225 g/mol. The fourth-order valence-corrected chi connectivity index (χ4v) is 1.96. The maximum absolute atomic E-state index is 12.1. The number of imide groups is 1. The molecule has 1 rings (SSSR count). The Kier molecular flexibility index (Phi) is 4.51. The van der Waals surface area contributed by atoms with E-state index in [1.807, 2.05) is 20.8 Å². The first-order valence-corrected chi connectivity index (χ1v) is 6.28. The van der Waals surface area contributed by atoms with Crippen LogP contribution in [0.2, 0.25) is 0 Å². The topological polar surface area (TPSA) is 37.4 Å². The molecular formula is C13H23NO2. The quantitative estimate of drug-likeness (QED) is 0.635. The van der Waals surface area contributed by atoms with Gasteiger partial charge in [-0.05, 0) is 12.8 Å². The Bertz CT molecular complexity index is 266. The Morgan fingerprint density at radius 2 is 1.62 bits per heavy atom. The van der Waals surface area contributed by atoms with Crippen LogP contribution in [0.1, 0.15) is 59.3 Å². The molecule has 16 heavy (non-hydrogen) atoms. The van der Waals surface area contributed by atoms with Crippen LogP contribution in [0.25, 0.3) is 0 Å². The fourth-order valence-electron chi connectivity index (χ4n) is 1.96. The van der Waals surface area contributed by atoms with Crippen molar-refractivity contribution in [1.82, 2.24) is 4.90 Å². The third-order valence-electron chi connectivity index (χ3n) is 2.96. The molecule has 3 heteroatoms. The highest BCUT2D eigenvalue weighted by Gasteiger charge is 2.30. The number of hydrogen-bond donors (Lipinski definition) is 0. The van der Waals surface area contributed by atoms with Crippen LogP contribution in [0.5, 0.6) is 0 Å². The Labute approximate surface area is 98.2 Å². The zero-order valence-electron chi connectivity index (χ0n) is 10.7. The largest absolute Gasteiger partial charge is 0.282 e. The van der Waals surface area contributed by atoms with Gasteiger partial charge in [-0.2, -0.15) is 0 Å². The van der Waals surface area contributed by atoms with Gasteiger partial charge >= 0.3 is 0 Å². The van der Waals surface area contributed by atoms with Crippen molar-refractivity contribution < 1.29 is 9.59 Å². The van der Waals surface area contributed by atoms with Crippen LogP contribution >= 0.6 is 0 Å². The molecule has 0 saturated carbocycles. The molecule has 3 nitrogen and oxygen atoms in total. The molecular weight excluding hydrogens is 202 g/mol. The molecule has 0 atom stereocenters. The predicted octanol–water partition coefficient (Wildman–Crippen LogP) is 2.74. The van der Waals surface area contributed by atoms with Crippen molar-refractivity contribution in [1.29, 1.82) is 0 Å². The third kappa shape index (κ3) is 3.62. The van der Waals surface area contributed by atoms with E-state index in [1.165, 1.54) is 11.3 Å². The van der Waals surface area contributed by atoms with E-state index >= 15 is 0 Å². The van der Waals surface area contributed by atoms with Gasteiger partial charge in [-0.1, -0.05) is 40.0 Å². The standard InChI is InChI=1S/C13H23NO2/c1-13(2,3)12(16)14-10-8-6-4-5-7-9-11(14)15/h4-10H2,1-3H3. The van der Waals surface area contributed by atoms with Crippen molar-refractivity contribution in [3.63, 3.8) is 0 Å². The van der Waals surface area contributed by atoms with Crippen molar-refractivity contribution in [2.24, 2.45) is 5.41 Å². The van der Waals surface area contributed by atoms with E-state index in [4.69, 9.17) is 0 Å². The fraction of sp³-hybridized carbons (Fsp3) is 0.846. The van der Waals surface area contributed by atoms with Crippen LogP contribution in [0.4, 0.5) is 0 Å². The second-order valence-corrected chi connectivity index (χ2v) is 5.62. The first-order chi connectivity index (χ1) is 7.43. The Morgan fingerprint density at radius 1 is 1.06 bits per heavy atom. The van der Waals surface area contributed by atoms with Crippen LogP contribution in [0.3, 0.4) is 0 Å².